The third-order valence-corrected chi connectivity index (χ3v) is 4.07. The second-order valence-electron chi connectivity index (χ2n) is 4.55. The van der Waals surface area contributed by atoms with Crippen molar-refractivity contribution in [2.24, 2.45) is 5.73 Å². The Morgan fingerprint density at radius 2 is 1.74 bits per heavy atom. The van der Waals surface area contributed by atoms with Gasteiger partial charge < -0.3 is 5.73 Å². The van der Waals surface area contributed by atoms with E-state index in [4.69, 9.17) is 5.73 Å². The lowest BCUT2D eigenvalue weighted by molar-refractivity contribution is 0.592. The Hall–Kier alpha value is -0.710. The van der Waals surface area contributed by atoms with Gasteiger partial charge in [-0.2, -0.15) is 0 Å². The summed E-state index contributed by atoms with van der Waals surface area (Å²) in [5.74, 6) is -0.214. The second kappa shape index (κ2) is 6.16. The van der Waals surface area contributed by atoms with Gasteiger partial charge in [0.1, 0.15) is 5.82 Å². The first-order chi connectivity index (χ1) is 8.97. The fourth-order valence-corrected chi connectivity index (χ4v) is 2.99. The molecule has 0 spiro atoms. The van der Waals surface area contributed by atoms with E-state index in [0.29, 0.717) is 12.0 Å². The zero-order valence-corrected chi connectivity index (χ0v) is 13.6. The molecule has 19 heavy (non-hydrogen) atoms. The van der Waals surface area contributed by atoms with E-state index in [1.165, 1.54) is 6.07 Å². The van der Waals surface area contributed by atoms with Gasteiger partial charge in [-0.1, -0.05) is 37.9 Å². The van der Waals surface area contributed by atoms with Crippen LogP contribution in [0.4, 0.5) is 4.39 Å². The molecule has 100 valence electrons. The van der Waals surface area contributed by atoms with Crippen LogP contribution in [0.2, 0.25) is 0 Å². The summed E-state index contributed by atoms with van der Waals surface area (Å²) in [6.45, 7) is 2.01. The molecule has 0 aromatic heterocycles. The van der Waals surface area contributed by atoms with Crippen molar-refractivity contribution >= 4 is 31.9 Å². The van der Waals surface area contributed by atoms with Gasteiger partial charge in [-0.25, -0.2) is 4.39 Å². The van der Waals surface area contributed by atoms with Crippen LogP contribution >= 0.6 is 31.9 Å². The normalized spacial score (nSPS) is 12.5. The van der Waals surface area contributed by atoms with Crippen LogP contribution in [0.5, 0.6) is 0 Å². The fraction of sp³-hybridized carbons (Fsp3) is 0.200. The van der Waals surface area contributed by atoms with E-state index < -0.39 is 0 Å². The molecule has 2 rings (SSSR count). The van der Waals surface area contributed by atoms with Gasteiger partial charge in [-0.3, -0.25) is 0 Å². The highest BCUT2D eigenvalue weighted by molar-refractivity contribution is 9.10. The molecular formula is C15H14Br2FN. The molecule has 0 radical (unpaired) electrons. The quantitative estimate of drug-likeness (QED) is 0.797. The van der Waals surface area contributed by atoms with Crippen LogP contribution in [-0.2, 0) is 6.42 Å². The van der Waals surface area contributed by atoms with Crippen LogP contribution in [0.3, 0.4) is 0 Å². The van der Waals surface area contributed by atoms with Crippen molar-refractivity contribution in [1.82, 2.24) is 0 Å². The molecule has 4 heteroatoms. The van der Waals surface area contributed by atoms with E-state index in [0.717, 1.165) is 20.1 Å². The smallest absolute Gasteiger partial charge is 0.126 e. The van der Waals surface area contributed by atoms with Gasteiger partial charge in [0.15, 0.2) is 0 Å². The molecule has 0 aliphatic rings. The number of rotatable bonds is 3. The van der Waals surface area contributed by atoms with Gasteiger partial charge in [0, 0.05) is 15.0 Å². The van der Waals surface area contributed by atoms with Gasteiger partial charge >= 0.3 is 0 Å². The average molecular weight is 387 g/mol. The predicted octanol–water partition coefficient (Wildman–Crippen LogP) is 4.90. The van der Waals surface area contributed by atoms with Gasteiger partial charge in [0.05, 0.1) is 0 Å². The van der Waals surface area contributed by atoms with E-state index in [9.17, 15) is 4.39 Å². The standard InChI is InChI=1S/C15H14Br2FN/c1-9-6-11(16)2-4-13(9)15(19)8-10-7-12(17)3-5-14(10)18/h2-7,15H,8,19H2,1H3. The highest BCUT2D eigenvalue weighted by Crippen LogP contribution is 2.25. The van der Waals surface area contributed by atoms with Gasteiger partial charge in [-0.05, 0) is 60.4 Å². The molecule has 0 fully saturated rings. The molecule has 0 heterocycles. The lowest BCUT2D eigenvalue weighted by Gasteiger charge is -2.16. The fourth-order valence-electron chi connectivity index (χ4n) is 2.10. The Morgan fingerprint density at radius 1 is 1.11 bits per heavy atom. The third kappa shape index (κ3) is 3.65. The monoisotopic (exact) mass is 385 g/mol. The SMILES string of the molecule is Cc1cc(Br)ccc1C(N)Cc1cc(Br)ccc1F. The Morgan fingerprint density at radius 3 is 2.42 bits per heavy atom. The number of halogens is 3. The summed E-state index contributed by atoms with van der Waals surface area (Å²) in [5, 5.41) is 0. The van der Waals surface area contributed by atoms with Crippen molar-refractivity contribution in [2.45, 2.75) is 19.4 Å². The number of benzene rings is 2. The molecule has 0 saturated heterocycles. The molecule has 0 aliphatic heterocycles. The molecule has 0 amide bonds. The summed E-state index contributed by atoms with van der Waals surface area (Å²) < 4.78 is 15.6. The van der Waals surface area contributed by atoms with Crippen LogP contribution < -0.4 is 5.73 Å². The molecular weight excluding hydrogens is 373 g/mol. The Kier molecular flexibility index (Phi) is 4.76. The van der Waals surface area contributed by atoms with Gasteiger partial charge in [-0.15, -0.1) is 0 Å². The van der Waals surface area contributed by atoms with Crippen LogP contribution in [-0.4, -0.2) is 0 Å². The summed E-state index contributed by atoms with van der Waals surface area (Å²) in [4.78, 5) is 0. The summed E-state index contributed by atoms with van der Waals surface area (Å²) in [6, 6.07) is 10.7. The van der Waals surface area contributed by atoms with Crippen molar-refractivity contribution in [2.75, 3.05) is 0 Å². The van der Waals surface area contributed by atoms with E-state index in [2.05, 4.69) is 31.9 Å². The molecule has 2 N–H and O–H groups in total. The van der Waals surface area contributed by atoms with Crippen molar-refractivity contribution in [3.63, 3.8) is 0 Å². The van der Waals surface area contributed by atoms with Crippen LogP contribution in [0, 0.1) is 12.7 Å². The average Bonchev–Trinajstić information content (AvgIpc) is 2.33. The van der Waals surface area contributed by atoms with Crippen molar-refractivity contribution in [1.29, 1.82) is 0 Å². The Bertz CT molecular complexity index is 599. The summed E-state index contributed by atoms with van der Waals surface area (Å²) in [7, 11) is 0. The maximum atomic E-state index is 13.7. The molecule has 1 unspecified atom stereocenters. The number of aryl methyl sites for hydroxylation is 1. The lowest BCUT2D eigenvalue weighted by Crippen LogP contribution is -2.15. The topological polar surface area (TPSA) is 26.0 Å². The predicted molar refractivity (Wildman–Crippen MR) is 83.6 cm³/mol. The Labute approximate surface area is 129 Å². The molecule has 0 bridgehead atoms. The maximum absolute atomic E-state index is 13.7. The minimum atomic E-state index is -0.214. The minimum Gasteiger partial charge on any atom is -0.324 e. The molecule has 1 nitrogen and oxygen atoms in total. The lowest BCUT2D eigenvalue weighted by atomic mass is 9.96. The van der Waals surface area contributed by atoms with Crippen molar-refractivity contribution < 1.29 is 4.39 Å². The van der Waals surface area contributed by atoms with E-state index in [-0.39, 0.29) is 11.9 Å². The molecule has 1 atom stereocenters. The molecule has 2 aromatic carbocycles. The third-order valence-electron chi connectivity index (χ3n) is 3.08. The number of hydrogen-bond donors (Lipinski definition) is 1. The maximum Gasteiger partial charge on any atom is 0.126 e. The zero-order valence-electron chi connectivity index (χ0n) is 10.5. The highest BCUT2D eigenvalue weighted by Gasteiger charge is 2.13. The summed E-state index contributed by atoms with van der Waals surface area (Å²) in [6.07, 6.45) is 0.480. The molecule has 0 saturated carbocycles. The van der Waals surface area contributed by atoms with Crippen LogP contribution in [0.25, 0.3) is 0 Å². The highest BCUT2D eigenvalue weighted by atomic mass is 79.9. The van der Waals surface area contributed by atoms with Gasteiger partial charge in [0.2, 0.25) is 0 Å². The molecule has 0 aliphatic carbocycles. The van der Waals surface area contributed by atoms with Crippen molar-refractivity contribution in [3.05, 3.63) is 67.9 Å². The van der Waals surface area contributed by atoms with E-state index >= 15 is 0 Å². The number of nitrogens with two attached hydrogens (primary N) is 1. The number of hydrogen-bond acceptors (Lipinski definition) is 1. The largest absolute Gasteiger partial charge is 0.324 e. The van der Waals surface area contributed by atoms with Crippen molar-refractivity contribution in [3.8, 4) is 0 Å². The van der Waals surface area contributed by atoms with Crippen LogP contribution in [0.15, 0.2) is 45.3 Å². The van der Waals surface area contributed by atoms with Gasteiger partial charge in [0.25, 0.3) is 0 Å². The van der Waals surface area contributed by atoms with E-state index in [1.54, 1.807) is 12.1 Å². The first-order valence-corrected chi connectivity index (χ1v) is 7.51. The molecule has 2 aromatic rings. The first kappa shape index (κ1) is 14.7. The summed E-state index contributed by atoms with van der Waals surface area (Å²) in [5.41, 5.74) is 8.98. The Balaban J connectivity index is 2.25. The van der Waals surface area contributed by atoms with Crippen LogP contribution in [0.1, 0.15) is 22.7 Å². The summed E-state index contributed by atoms with van der Waals surface area (Å²) >= 11 is 6.78. The second-order valence-corrected chi connectivity index (χ2v) is 6.38. The minimum absolute atomic E-state index is 0.211. The zero-order chi connectivity index (χ0) is 14.0. The van der Waals surface area contributed by atoms with E-state index in [1.807, 2.05) is 25.1 Å². The first-order valence-electron chi connectivity index (χ1n) is 5.93.